The third kappa shape index (κ3) is 1.39. The molecule has 0 amide bonds. The number of nitrogens with zero attached hydrogens (tertiary/aromatic N) is 1. The molecule has 4 heteroatoms. The van der Waals surface area contributed by atoms with Crippen molar-refractivity contribution in [1.29, 1.82) is 5.26 Å². The highest BCUT2D eigenvalue weighted by atomic mass is 79.9. The zero-order valence-corrected chi connectivity index (χ0v) is 9.04. The van der Waals surface area contributed by atoms with Crippen LogP contribution in [0, 0.1) is 11.3 Å². The number of halogens is 1. The molecule has 0 spiro atoms. The van der Waals surface area contributed by atoms with Crippen LogP contribution in [0.3, 0.4) is 0 Å². The van der Waals surface area contributed by atoms with Gasteiger partial charge in [0.25, 0.3) is 0 Å². The highest BCUT2D eigenvalue weighted by Crippen LogP contribution is 2.38. The van der Waals surface area contributed by atoms with E-state index in [4.69, 9.17) is 15.7 Å². The lowest BCUT2D eigenvalue weighted by Gasteiger charge is -2.24. The Kier molecular flexibility index (Phi) is 2.44. The van der Waals surface area contributed by atoms with E-state index in [2.05, 4.69) is 22.0 Å². The Balaban J connectivity index is 2.65. The molecule has 0 fully saturated rings. The maximum atomic E-state index is 8.88. The number of nitrogens with two attached hydrogens (primary N) is 1. The van der Waals surface area contributed by atoms with Crippen molar-refractivity contribution in [3.05, 3.63) is 27.7 Å². The van der Waals surface area contributed by atoms with Crippen molar-refractivity contribution < 1.29 is 4.74 Å². The molecule has 2 rings (SSSR count). The molecule has 0 aromatic heterocycles. The van der Waals surface area contributed by atoms with Gasteiger partial charge in [0.15, 0.2) is 0 Å². The van der Waals surface area contributed by atoms with E-state index in [-0.39, 0.29) is 6.04 Å². The summed E-state index contributed by atoms with van der Waals surface area (Å²) in [6, 6.07) is 5.64. The minimum Gasteiger partial charge on any atom is -0.492 e. The van der Waals surface area contributed by atoms with Gasteiger partial charge in [-0.05, 0) is 12.1 Å². The quantitative estimate of drug-likeness (QED) is 0.770. The Morgan fingerprint density at radius 1 is 1.57 bits per heavy atom. The molecule has 72 valence electrons. The van der Waals surface area contributed by atoms with Crippen LogP contribution in [0.25, 0.3) is 0 Å². The van der Waals surface area contributed by atoms with Gasteiger partial charge >= 0.3 is 0 Å². The van der Waals surface area contributed by atoms with Crippen LogP contribution in [0.1, 0.15) is 23.6 Å². The van der Waals surface area contributed by atoms with Gasteiger partial charge in [0.05, 0.1) is 12.2 Å². The molecule has 3 nitrogen and oxygen atoms in total. The molecule has 0 saturated carbocycles. The van der Waals surface area contributed by atoms with Crippen LogP contribution in [0.4, 0.5) is 0 Å². The summed E-state index contributed by atoms with van der Waals surface area (Å²) < 4.78 is 6.38. The van der Waals surface area contributed by atoms with E-state index in [1.165, 1.54) is 0 Å². The molecule has 0 radical (unpaired) electrons. The number of ether oxygens (including phenoxy) is 1. The molecule has 1 atom stereocenters. The topological polar surface area (TPSA) is 59.0 Å². The van der Waals surface area contributed by atoms with Crippen molar-refractivity contribution in [1.82, 2.24) is 0 Å². The molecule has 0 aliphatic carbocycles. The summed E-state index contributed by atoms with van der Waals surface area (Å²) in [5.41, 5.74) is 7.42. The van der Waals surface area contributed by atoms with Gasteiger partial charge in [-0.25, -0.2) is 0 Å². The predicted octanol–water partition coefficient (Wildman–Crippen LogP) is 2.10. The van der Waals surface area contributed by atoms with E-state index in [1.807, 2.05) is 6.07 Å². The molecule has 1 unspecified atom stereocenters. The molecule has 0 bridgehead atoms. The first-order valence-electron chi connectivity index (χ1n) is 4.35. The SMILES string of the molecule is N#Cc1ccc(Br)c2c1OCCC2N. The summed E-state index contributed by atoms with van der Waals surface area (Å²) in [5, 5.41) is 8.88. The zero-order chi connectivity index (χ0) is 10.1. The Morgan fingerprint density at radius 2 is 2.36 bits per heavy atom. The number of benzene rings is 1. The number of hydrogen-bond acceptors (Lipinski definition) is 3. The summed E-state index contributed by atoms with van der Waals surface area (Å²) >= 11 is 3.42. The number of hydrogen-bond donors (Lipinski definition) is 1. The molecular formula is C10H9BrN2O. The van der Waals surface area contributed by atoms with E-state index in [1.54, 1.807) is 6.07 Å². The van der Waals surface area contributed by atoms with Crippen LogP contribution < -0.4 is 10.5 Å². The largest absolute Gasteiger partial charge is 0.492 e. The van der Waals surface area contributed by atoms with Gasteiger partial charge < -0.3 is 10.5 Å². The maximum Gasteiger partial charge on any atom is 0.142 e. The van der Waals surface area contributed by atoms with Crippen LogP contribution in [-0.4, -0.2) is 6.61 Å². The predicted molar refractivity (Wildman–Crippen MR) is 55.9 cm³/mol. The summed E-state index contributed by atoms with van der Waals surface area (Å²) in [6.07, 6.45) is 0.792. The van der Waals surface area contributed by atoms with Gasteiger partial charge in [-0.2, -0.15) is 5.26 Å². The molecule has 2 N–H and O–H groups in total. The average molecular weight is 253 g/mol. The normalized spacial score (nSPS) is 19.4. The Hall–Kier alpha value is -1.05. The lowest BCUT2D eigenvalue weighted by molar-refractivity contribution is 0.267. The first-order valence-corrected chi connectivity index (χ1v) is 5.14. The third-order valence-electron chi connectivity index (χ3n) is 2.31. The van der Waals surface area contributed by atoms with Crippen molar-refractivity contribution >= 4 is 15.9 Å². The fourth-order valence-corrected chi connectivity index (χ4v) is 2.20. The van der Waals surface area contributed by atoms with Gasteiger partial charge in [-0.15, -0.1) is 0 Å². The standard InChI is InChI=1S/C10H9BrN2O/c11-7-2-1-6(5-12)10-9(7)8(13)3-4-14-10/h1-2,8H,3-4,13H2. The van der Waals surface area contributed by atoms with Gasteiger partial charge in [-0.3, -0.25) is 0 Å². The van der Waals surface area contributed by atoms with Crippen molar-refractivity contribution in [2.24, 2.45) is 5.73 Å². The zero-order valence-electron chi connectivity index (χ0n) is 7.46. The summed E-state index contributed by atoms with van der Waals surface area (Å²) in [4.78, 5) is 0. The highest BCUT2D eigenvalue weighted by molar-refractivity contribution is 9.10. The lowest BCUT2D eigenvalue weighted by Crippen LogP contribution is -2.21. The molecule has 1 aromatic rings. The minimum absolute atomic E-state index is 0.0403. The maximum absolute atomic E-state index is 8.88. The lowest BCUT2D eigenvalue weighted by atomic mass is 9.99. The van der Waals surface area contributed by atoms with Crippen LogP contribution in [0.2, 0.25) is 0 Å². The minimum atomic E-state index is -0.0403. The molecular weight excluding hydrogens is 244 g/mol. The second kappa shape index (κ2) is 3.60. The highest BCUT2D eigenvalue weighted by Gasteiger charge is 2.23. The van der Waals surface area contributed by atoms with Gasteiger partial charge in [-0.1, -0.05) is 15.9 Å². The Morgan fingerprint density at radius 3 is 3.07 bits per heavy atom. The van der Waals surface area contributed by atoms with Crippen molar-refractivity contribution in [2.75, 3.05) is 6.61 Å². The molecule has 0 saturated heterocycles. The third-order valence-corrected chi connectivity index (χ3v) is 3.00. The second-order valence-electron chi connectivity index (χ2n) is 3.19. The van der Waals surface area contributed by atoms with Crippen LogP contribution in [0.15, 0.2) is 16.6 Å². The molecule has 1 heterocycles. The van der Waals surface area contributed by atoms with Crippen LogP contribution in [-0.2, 0) is 0 Å². The Labute approximate surface area is 90.6 Å². The average Bonchev–Trinajstić information content (AvgIpc) is 2.18. The first kappa shape index (κ1) is 9.50. The van der Waals surface area contributed by atoms with Crippen LogP contribution >= 0.6 is 15.9 Å². The first-order chi connectivity index (χ1) is 6.74. The second-order valence-corrected chi connectivity index (χ2v) is 4.05. The van der Waals surface area contributed by atoms with Crippen molar-refractivity contribution in [3.8, 4) is 11.8 Å². The molecule has 14 heavy (non-hydrogen) atoms. The molecule has 1 aliphatic heterocycles. The molecule has 1 aromatic carbocycles. The fourth-order valence-electron chi connectivity index (χ4n) is 1.60. The Bertz CT molecular complexity index is 411. The smallest absolute Gasteiger partial charge is 0.142 e. The monoisotopic (exact) mass is 252 g/mol. The number of fused-ring (bicyclic) bond motifs is 1. The van der Waals surface area contributed by atoms with E-state index in [9.17, 15) is 0 Å². The van der Waals surface area contributed by atoms with E-state index in [0.29, 0.717) is 17.9 Å². The summed E-state index contributed by atoms with van der Waals surface area (Å²) in [5.74, 6) is 0.639. The summed E-state index contributed by atoms with van der Waals surface area (Å²) in [7, 11) is 0. The number of nitriles is 1. The van der Waals surface area contributed by atoms with Gasteiger partial charge in [0.2, 0.25) is 0 Å². The van der Waals surface area contributed by atoms with E-state index >= 15 is 0 Å². The summed E-state index contributed by atoms with van der Waals surface area (Å²) in [6.45, 7) is 0.583. The van der Waals surface area contributed by atoms with Crippen molar-refractivity contribution in [2.45, 2.75) is 12.5 Å². The molecule has 1 aliphatic rings. The fraction of sp³-hybridized carbons (Fsp3) is 0.300. The van der Waals surface area contributed by atoms with Gasteiger partial charge in [0.1, 0.15) is 11.8 Å². The number of rotatable bonds is 0. The van der Waals surface area contributed by atoms with Gasteiger partial charge in [0, 0.05) is 22.5 Å². The van der Waals surface area contributed by atoms with Crippen molar-refractivity contribution in [3.63, 3.8) is 0 Å². The van der Waals surface area contributed by atoms with E-state index in [0.717, 1.165) is 16.5 Å². The van der Waals surface area contributed by atoms with Crippen LogP contribution in [0.5, 0.6) is 5.75 Å². The van der Waals surface area contributed by atoms with E-state index < -0.39 is 0 Å².